The minimum absolute atomic E-state index is 0.0781. The van der Waals surface area contributed by atoms with Crippen LogP contribution in [0.5, 0.6) is 5.75 Å². The van der Waals surface area contributed by atoms with Gasteiger partial charge in [0.05, 0.1) is 18.4 Å². The molecule has 1 aliphatic carbocycles. The molecule has 2 N–H and O–H groups in total. The molecule has 1 aliphatic rings. The molecule has 1 fully saturated rings. The van der Waals surface area contributed by atoms with Gasteiger partial charge in [0.25, 0.3) is 5.91 Å². The van der Waals surface area contributed by atoms with Crippen molar-refractivity contribution in [1.82, 2.24) is 5.32 Å². The summed E-state index contributed by atoms with van der Waals surface area (Å²) in [5, 5.41) is 5.42. The molecule has 0 atom stereocenters. The second-order valence-electron chi connectivity index (χ2n) is 6.00. The number of hydrogen-bond donors (Lipinski definition) is 2. The third-order valence-corrected chi connectivity index (χ3v) is 5.40. The second-order valence-corrected chi connectivity index (χ2v) is 7.49. The van der Waals surface area contributed by atoms with Crippen LogP contribution in [0, 0.1) is 11.6 Å². The van der Waals surface area contributed by atoms with Crippen molar-refractivity contribution in [3.63, 3.8) is 0 Å². The van der Waals surface area contributed by atoms with E-state index in [0.717, 1.165) is 16.1 Å². The maximum Gasteiger partial charge on any atom is 0.255 e. The number of carbonyl (C=O) groups excluding carboxylic acids is 1. The number of benzene rings is 2. The molecule has 2 aromatic rings. The van der Waals surface area contributed by atoms with E-state index in [1.165, 1.54) is 7.11 Å². The molecule has 8 heteroatoms. The van der Waals surface area contributed by atoms with E-state index in [-0.39, 0.29) is 17.0 Å². The lowest BCUT2D eigenvalue weighted by molar-refractivity contribution is 0.0945. The van der Waals surface area contributed by atoms with E-state index in [1.807, 2.05) is 12.1 Å². The Bertz CT molecular complexity index is 842. The van der Waals surface area contributed by atoms with E-state index in [1.54, 1.807) is 12.1 Å². The van der Waals surface area contributed by atoms with Crippen LogP contribution < -0.4 is 15.4 Å². The zero-order valence-electron chi connectivity index (χ0n) is 13.8. The van der Waals surface area contributed by atoms with Crippen molar-refractivity contribution in [2.24, 2.45) is 0 Å². The fourth-order valence-corrected chi connectivity index (χ4v) is 3.07. The van der Waals surface area contributed by atoms with Gasteiger partial charge in [-0.3, -0.25) is 4.79 Å². The quantitative estimate of drug-likeness (QED) is 0.335. The highest BCUT2D eigenvalue weighted by atomic mass is 127. The standard InChI is InChI=1S/C18H16ClF2IN2O2/c1-26-13-8-12(17(25)24-18(19)6-7-18)16(15(21)14(13)20)23-11-4-2-10(9-22)3-5-11/h2-5,8,23H,6-7,9H2,1H3,(H,24,25). The van der Waals surface area contributed by atoms with E-state index >= 15 is 0 Å². The van der Waals surface area contributed by atoms with Crippen molar-refractivity contribution >= 4 is 51.5 Å². The van der Waals surface area contributed by atoms with Gasteiger partial charge in [0.2, 0.25) is 5.82 Å². The first kappa shape index (κ1) is 19.2. The molecule has 0 aliphatic heterocycles. The molecule has 1 saturated carbocycles. The third kappa shape index (κ3) is 4.03. The lowest BCUT2D eigenvalue weighted by atomic mass is 10.1. The second kappa shape index (κ2) is 7.56. The summed E-state index contributed by atoms with van der Waals surface area (Å²) < 4.78 is 34.5. The molecule has 0 heterocycles. The number of anilines is 2. The summed E-state index contributed by atoms with van der Waals surface area (Å²) in [6.07, 6.45) is 1.25. The number of hydrogen-bond acceptors (Lipinski definition) is 3. The summed E-state index contributed by atoms with van der Waals surface area (Å²) >= 11 is 8.36. The van der Waals surface area contributed by atoms with E-state index in [2.05, 4.69) is 33.2 Å². The highest BCUT2D eigenvalue weighted by molar-refractivity contribution is 14.1. The SMILES string of the molecule is COc1cc(C(=O)NC2(Cl)CC2)c(Nc2ccc(CI)cc2)c(F)c1F. The van der Waals surface area contributed by atoms with Crippen LogP contribution in [0.25, 0.3) is 0 Å². The average Bonchev–Trinajstić information content (AvgIpc) is 3.36. The minimum atomic E-state index is -1.19. The Hall–Kier alpha value is -1.61. The van der Waals surface area contributed by atoms with Crippen molar-refractivity contribution in [3.05, 3.63) is 53.1 Å². The zero-order valence-corrected chi connectivity index (χ0v) is 16.7. The molecular weight excluding hydrogens is 477 g/mol. The zero-order chi connectivity index (χ0) is 18.9. The van der Waals surface area contributed by atoms with Crippen LogP contribution >= 0.6 is 34.2 Å². The summed E-state index contributed by atoms with van der Waals surface area (Å²) in [6.45, 7) is 0. The lowest BCUT2D eigenvalue weighted by Crippen LogP contribution is -2.33. The number of ether oxygens (including phenoxy) is 1. The average molecular weight is 493 g/mol. The van der Waals surface area contributed by atoms with E-state index < -0.39 is 22.5 Å². The number of alkyl halides is 2. The van der Waals surface area contributed by atoms with Gasteiger partial charge in [0.1, 0.15) is 5.00 Å². The maximum atomic E-state index is 14.6. The van der Waals surface area contributed by atoms with Gasteiger partial charge in [-0.15, -0.1) is 0 Å². The Morgan fingerprint density at radius 2 is 1.92 bits per heavy atom. The maximum absolute atomic E-state index is 14.6. The predicted molar refractivity (Wildman–Crippen MR) is 106 cm³/mol. The fraction of sp³-hybridized carbons (Fsp3) is 0.278. The number of carbonyl (C=O) groups is 1. The fourth-order valence-electron chi connectivity index (χ4n) is 2.38. The van der Waals surface area contributed by atoms with E-state index in [0.29, 0.717) is 18.5 Å². The highest BCUT2D eigenvalue weighted by Gasteiger charge is 2.42. The largest absolute Gasteiger partial charge is 0.494 e. The molecule has 2 aromatic carbocycles. The minimum Gasteiger partial charge on any atom is -0.494 e. The number of methoxy groups -OCH3 is 1. The van der Waals surface area contributed by atoms with Gasteiger partial charge in [-0.2, -0.15) is 4.39 Å². The summed E-state index contributed by atoms with van der Waals surface area (Å²) in [4.78, 5) is 11.8. The smallest absolute Gasteiger partial charge is 0.255 e. The number of amides is 1. The summed E-state index contributed by atoms with van der Waals surface area (Å²) in [7, 11) is 1.21. The van der Waals surface area contributed by atoms with Crippen LogP contribution in [0.15, 0.2) is 30.3 Å². The van der Waals surface area contributed by atoms with Crippen LogP contribution in [0.1, 0.15) is 28.8 Å². The molecular formula is C18H16ClF2IN2O2. The molecule has 0 saturated heterocycles. The van der Waals surface area contributed by atoms with Gasteiger partial charge in [0, 0.05) is 10.1 Å². The first-order valence-corrected chi connectivity index (χ1v) is 9.76. The van der Waals surface area contributed by atoms with Crippen LogP contribution in [0.3, 0.4) is 0 Å². The normalized spacial score (nSPS) is 14.7. The Labute approximate surface area is 168 Å². The third-order valence-electron chi connectivity index (χ3n) is 4.04. The van der Waals surface area contributed by atoms with Crippen LogP contribution in [0.4, 0.5) is 20.2 Å². The molecule has 1 amide bonds. The number of nitrogens with one attached hydrogen (secondary N) is 2. The van der Waals surface area contributed by atoms with E-state index in [4.69, 9.17) is 16.3 Å². The number of rotatable bonds is 6. The Kier molecular flexibility index (Phi) is 5.57. The molecule has 0 spiro atoms. The molecule has 4 nitrogen and oxygen atoms in total. The van der Waals surface area contributed by atoms with Crippen LogP contribution in [-0.2, 0) is 4.43 Å². The van der Waals surface area contributed by atoms with Gasteiger partial charge in [-0.25, -0.2) is 4.39 Å². The molecule has 0 unspecified atom stereocenters. The summed E-state index contributed by atoms with van der Waals surface area (Å²) in [6, 6.07) is 8.37. The molecule has 26 heavy (non-hydrogen) atoms. The molecule has 0 radical (unpaired) electrons. The summed E-state index contributed by atoms with van der Waals surface area (Å²) in [5.74, 6) is -3.30. The van der Waals surface area contributed by atoms with Gasteiger partial charge < -0.3 is 15.4 Å². The molecule has 0 aromatic heterocycles. The van der Waals surface area contributed by atoms with Crippen LogP contribution in [0.2, 0.25) is 0 Å². The Morgan fingerprint density at radius 1 is 1.27 bits per heavy atom. The Balaban J connectivity index is 2.00. The summed E-state index contributed by atoms with van der Waals surface area (Å²) in [5.41, 5.74) is 1.28. The van der Waals surface area contributed by atoms with Crippen LogP contribution in [-0.4, -0.2) is 18.0 Å². The first-order valence-electron chi connectivity index (χ1n) is 7.86. The Morgan fingerprint density at radius 3 is 2.46 bits per heavy atom. The number of halogens is 4. The van der Waals surface area contributed by atoms with Gasteiger partial charge in [0.15, 0.2) is 11.6 Å². The van der Waals surface area contributed by atoms with Crippen molar-refractivity contribution < 1.29 is 18.3 Å². The van der Waals surface area contributed by atoms with Crippen molar-refractivity contribution in [3.8, 4) is 5.75 Å². The molecule has 138 valence electrons. The monoisotopic (exact) mass is 492 g/mol. The van der Waals surface area contributed by atoms with Gasteiger partial charge in [-0.1, -0.05) is 46.3 Å². The van der Waals surface area contributed by atoms with Gasteiger partial charge in [-0.05, 0) is 36.6 Å². The van der Waals surface area contributed by atoms with Gasteiger partial charge >= 0.3 is 0 Å². The predicted octanol–water partition coefficient (Wildman–Crippen LogP) is 5.11. The topological polar surface area (TPSA) is 50.4 Å². The highest BCUT2D eigenvalue weighted by Crippen LogP contribution is 2.40. The lowest BCUT2D eigenvalue weighted by Gasteiger charge is -2.17. The molecule has 0 bridgehead atoms. The van der Waals surface area contributed by atoms with E-state index in [9.17, 15) is 13.6 Å². The van der Waals surface area contributed by atoms with Crippen molar-refractivity contribution in [2.75, 3.05) is 12.4 Å². The van der Waals surface area contributed by atoms with Crippen molar-refractivity contribution in [1.29, 1.82) is 0 Å². The first-order chi connectivity index (χ1) is 12.4. The molecule has 3 rings (SSSR count). The van der Waals surface area contributed by atoms with Crippen molar-refractivity contribution in [2.45, 2.75) is 22.3 Å².